The summed E-state index contributed by atoms with van der Waals surface area (Å²) in [5.74, 6) is -1.94. The number of carboxylic acid groups (broad SMARTS) is 1. The van der Waals surface area contributed by atoms with E-state index in [0.717, 1.165) is 5.56 Å². The summed E-state index contributed by atoms with van der Waals surface area (Å²) in [6.07, 6.45) is -0.470. The Hall–Kier alpha value is -2.98. The topological polar surface area (TPSA) is 129 Å². The molecule has 10 heteroatoms. The van der Waals surface area contributed by atoms with E-state index in [1.54, 1.807) is 40.1 Å². The van der Waals surface area contributed by atoms with Crippen molar-refractivity contribution in [1.29, 1.82) is 0 Å². The second kappa shape index (κ2) is 13.7. The zero-order valence-electron chi connectivity index (χ0n) is 23.3. The van der Waals surface area contributed by atoms with E-state index in [9.17, 15) is 24.6 Å². The monoisotopic (exact) mass is 547 g/mol. The van der Waals surface area contributed by atoms with Crippen molar-refractivity contribution in [3.8, 4) is 0 Å². The summed E-state index contributed by atoms with van der Waals surface area (Å²) >= 11 is 1.17. The minimum atomic E-state index is -0.981. The predicted octanol–water partition coefficient (Wildman–Crippen LogP) is 4.91. The second-order valence-electron chi connectivity index (χ2n) is 11.1. The number of amides is 2. The SMILES string of the molecule is CC(C)[C@@H](C[C@@H](O)c1nc(C(=O)N[C@@H](Cc2ccccc2)C[C@H](C)C(=O)O)cs1)N(C)C(=O)OC(C)(C)C. The lowest BCUT2D eigenvalue weighted by Crippen LogP contribution is -2.44. The second-order valence-corrected chi connectivity index (χ2v) is 11.9. The van der Waals surface area contributed by atoms with E-state index in [4.69, 9.17) is 4.74 Å². The van der Waals surface area contributed by atoms with Gasteiger partial charge in [0.25, 0.3) is 5.91 Å². The molecule has 9 nitrogen and oxygen atoms in total. The van der Waals surface area contributed by atoms with E-state index >= 15 is 0 Å². The Balaban J connectivity index is 2.11. The van der Waals surface area contributed by atoms with E-state index in [0.29, 0.717) is 11.4 Å². The molecule has 0 spiro atoms. The van der Waals surface area contributed by atoms with Crippen LogP contribution in [0, 0.1) is 11.8 Å². The molecule has 3 N–H and O–H groups in total. The van der Waals surface area contributed by atoms with Gasteiger partial charge in [-0.15, -0.1) is 11.3 Å². The first-order chi connectivity index (χ1) is 17.7. The quantitative estimate of drug-likeness (QED) is 0.344. The summed E-state index contributed by atoms with van der Waals surface area (Å²) in [6, 6.07) is 8.84. The fourth-order valence-corrected chi connectivity index (χ4v) is 4.90. The third-order valence-electron chi connectivity index (χ3n) is 6.17. The Morgan fingerprint density at radius 2 is 1.74 bits per heavy atom. The van der Waals surface area contributed by atoms with Gasteiger partial charge in [0.1, 0.15) is 22.4 Å². The number of benzene rings is 1. The van der Waals surface area contributed by atoms with Crippen molar-refractivity contribution in [2.24, 2.45) is 11.8 Å². The average molecular weight is 548 g/mol. The van der Waals surface area contributed by atoms with Gasteiger partial charge < -0.3 is 25.2 Å². The Morgan fingerprint density at radius 1 is 1.11 bits per heavy atom. The third-order valence-corrected chi connectivity index (χ3v) is 7.12. The summed E-state index contributed by atoms with van der Waals surface area (Å²) < 4.78 is 5.48. The van der Waals surface area contributed by atoms with Gasteiger partial charge in [-0.3, -0.25) is 9.59 Å². The standard InChI is InChI=1S/C28H41N3O6S/c1-17(2)22(31(7)27(36)37-28(4,5)6)15-23(32)25-30-21(16-38-25)24(33)29-20(13-18(3)26(34)35)14-19-11-9-8-10-12-19/h8-12,16-18,20,22-23,32H,13-15H2,1-7H3,(H,29,33)(H,34,35)/t18-,20+,22+,23+/m0/s1. The summed E-state index contributed by atoms with van der Waals surface area (Å²) in [5.41, 5.74) is 0.509. The van der Waals surface area contributed by atoms with E-state index in [1.807, 2.05) is 44.2 Å². The van der Waals surface area contributed by atoms with Gasteiger partial charge in [-0.2, -0.15) is 0 Å². The van der Waals surface area contributed by atoms with Crippen LogP contribution >= 0.6 is 11.3 Å². The molecule has 0 aliphatic rings. The molecule has 0 saturated heterocycles. The molecule has 1 aromatic carbocycles. The van der Waals surface area contributed by atoms with Gasteiger partial charge in [-0.05, 0) is 45.1 Å². The molecule has 0 unspecified atom stereocenters. The smallest absolute Gasteiger partial charge is 0.410 e. The number of aliphatic carboxylic acids is 1. The van der Waals surface area contributed by atoms with Crippen LogP contribution in [0.2, 0.25) is 0 Å². The minimum absolute atomic E-state index is 0.0415. The highest BCUT2D eigenvalue weighted by Crippen LogP contribution is 2.28. The van der Waals surface area contributed by atoms with E-state index in [-0.39, 0.29) is 30.5 Å². The summed E-state index contributed by atoms with van der Waals surface area (Å²) in [6.45, 7) is 10.9. The maximum Gasteiger partial charge on any atom is 0.410 e. The molecule has 0 aliphatic carbocycles. The third kappa shape index (κ3) is 9.72. The number of aromatic nitrogens is 1. The van der Waals surface area contributed by atoms with Crippen LogP contribution in [0.15, 0.2) is 35.7 Å². The Morgan fingerprint density at radius 3 is 2.29 bits per heavy atom. The highest BCUT2D eigenvalue weighted by Gasteiger charge is 2.31. The van der Waals surface area contributed by atoms with Crippen molar-refractivity contribution in [2.75, 3.05) is 7.05 Å². The normalized spacial score (nSPS) is 14.9. The maximum absolute atomic E-state index is 13.0. The van der Waals surface area contributed by atoms with Gasteiger partial charge in [0, 0.05) is 30.9 Å². The van der Waals surface area contributed by atoms with Crippen LogP contribution < -0.4 is 5.32 Å². The lowest BCUT2D eigenvalue weighted by atomic mass is 9.96. The summed E-state index contributed by atoms with van der Waals surface area (Å²) in [4.78, 5) is 42.9. The van der Waals surface area contributed by atoms with Gasteiger partial charge in [0.15, 0.2) is 0 Å². The van der Waals surface area contributed by atoms with Crippen molar-refractivity contribution in [2.45, 2.75) is 84.6 Å². The highest BCUT2D eigenvalue weighted by atomic mass is 32.1. The van der Waals surface area contributed by atoms with Crippen molar-refractivity contribution < 1.29 is 29.3 Å². The van der Waals surface area contributed by atoms with Crippen LogP contribution in [0.4, 0.5) is 4.79 Å². The molecule has 2 aromatic rings. The number of hydrogen-bond acceptors (Lipinski definition) is 7. The van der Waals surface area contributed by atoms with E-state index in [2.05, 4.69) is 10.3 Å². The molecule has 0 fully saturated rings. The first-order valence-corrected chi connectivity index (χ1v) is 13.7. The lowest BCUT2D eigenvalue weighted by Gasteiger charge is -2.34. The largest absolute Gasteiger partial charge is 0.481 e. The van der Waals surface area contributed by atoms with E-state index in [1.165, 1.54) is 16.2 Å². The van der Waals surface area contributed by atoms with Gasteiger partial charge in [0.2, 0.25) is 0 Å². The maximum atomic E-state index is 13.0. The number of aliphatic hydroxyl groups is 1. The molecule has 1 heterocycles. The number of carbonyl (C=O) groups excluding carboxylic acids is 2. The predicted molar refractivity (Wildman–Crippen MR) is 147 cm³/mol. The Labute approximate surface area is 229 Å². The Bertz CT molecular complexity index is 1070. The zero-order chi connectivity index (χ0) is 28.6. The number of nitrogens with zero attached hydrogens (tertiary/aromatic N) is 2. The van der Waals surface area contributed by atoms with Crippen LogP contribution in [-0.2, 0) is 16.0 Å². The van der Waals surface area contributed by atoms with Gasteiger partial charge in [-0.1, -0.05) is 51.1 Å². The molecule has 0 bridgehead atoms. The molecule has 2 amide bonds. The minimum Gasteiger partial charge on any atom is -0.481 e. The van der Waals surface area contributed by atoms with Crippen LogP contribution in [0.5, 0.6) is 0 Å². The van der Waals surface area contributed by atoms with Crippen LogP contribution in [0.25, 0.3) is 0 Å². The first kappa shape index (κ1) is 31.2. The lowest BCUT2D eigenvalue weighted by molar-refractivity contribution is -0.141. The summed E-state index contributed by atoms with van der Waals surface area (Å²) in [5, 5.41) is 25.2. The van der Waals surface area contributed by atoms with Gasteiger partial charge in [0.05, 0.1) is 5.92 Å². The fourth-order valence-electron chi connectivity index (χ4n) is 4.10. The first-order valence-electron chi connectivity index (χ1n) is 12.8. The fraction of sp³-hybridized carbons (Fsp3) is 0.571. The number of carbonyl (C=O) groups is 3. The van der Waals surface area contributed by atoms with Crippen LogP contribution in [0.1, 0.15) is 81.5 Å². The molecule has 1 aromatic heterocycles. The number of hydrogen-bond donors (Lipinski definition) is 3. The van der Waals surface area contributed by atoms with Crippen molar-refractivity contribution in [3.05, 3.63) is 52.0 Å². The molecule has 4 atom stereocenters. The number of ether oxygens (including phenoxy) is 1. The Kier molecular flexibility index (Phi) is 11.3. The van der Waals surface area contributed by atoms with E-state index < -0.39 is 41.6 Å². The van der Waals surface area contributed by atoms with Crippen LogP contribution in [-0.4, -0.2) is 62.8 Å². The molecular formula is C28H41N3O6S. The molecule has 0 saturated carbocycles. The van der Waals surface area contributed by atoms with Crippen molar-refractivity contribution in [1.82, 2.24) is 15.2 Å². The number of nitrogens with one attached hydrogen (secondary N) is 1. The van der Waals surface area contributed by atoms with Gasteiger partial charge >= 0.3 is 12.1 Å². The highest BCUT2D eigenvalue weighted by molar-refractivity contribution is 7.09. The van der Waals surface area contributed by atoms with Crippen LogP contribution in [0.3, 0.4) is 0 Å². The molecule has 0 aliphatic heterocycles. The van der Waals surface area contributed by atoms with Crippen molar-refractivity contribution >= 4 is 29.3 Å². The number of aliphatic hydroxyl groups excluding tert-OH is 1. The molecule has 2 rings (SSSR count). The number of rotatable bonds is 12. The zero-order valence-corrected chi connectivity index (χ0v) is 24.1. The average Bonchev–Trinajstić information content (AvgIpc) is 3.32. The number of thiazole rings is 1. The number of carboxylic acids is 1. The molecule has 0 radical (unpaired) electrons. The van der Waals surface area contributed by atoms with Crippen molar-refractivity contribution in [3.63, 3.8) is 0 Å². The van der Waals surface area contributed by atoms with Gasteiger partial charge in [-0.25, -0.2) is 9.78 Å². The molecule has 38 heavy (non-hydrogen) atoms. The molecule has 210 valence electrons. The summed E-state index contributed by atoms with van der Waals surface area (Å²) in [7, 11) is 1.65. The molecular weight excluding hydrogens is 506 g/mol.